The summed E-state index contributed by atoms with van der Waals surface area (Å²) >= 11 is 0. The molecular formula is C20H31N3O4S. The van der Waals surface area contributed by atoms with Crippen molar-refractivity contribution in [3.8, 4) is 0 Å². The predicted octanol–water partition coefficient (Wildman–Crippen LogP) is 2.30. The molecule has 7 nitrogen and oxygen atoms in total. The fraction of sp³-hybridized carbons (Fsp3) is 0.650. The van der Waals surface area contributed by atoms with Crippen LogP contribution >= 0.6 is 0 Å². The summed E-state index contributed by atoms with van der Waals surface area (Å²) in [4.78, 5) is 14.8. The van der Waals surface area contributed by atoms with Crippen LogP contribution in [-0.2, 0) is 19.6 Å². The van der Waals surface area contributed by atoms with Gasteiger partial charge in [-0.15, -0.1) is 0 Å². The summed E-state index contributed by atoms with van der Waals surface area (Å²) in [6.07, 6.45) is 7.27. The average molecular weight is 410 g/mol. The Hall–Kier alpha value is -1.48. The Kier molecular flexibility index (Phi) is 7.45. The van der Waals surface area contributed by atoms with E-state index >= 15 is 0 Å². The van der Waals surface area contributed by atoms with Crippen molar-refractivity contribution in [1.29, 1.82) is 0 Å². The lowest BCUT2D eigenvalue weighted by atomic mass is 10.1. The Morgan fingerprint density at radius 1 is 1.18 bits per heavy atom. The number of morpholine rings is 1. The van der Waals surface area contributed by atoms with E-state index in [-0.39, 0.29) is 10.8 Å². The van der Waals surface area contributed by atoms with Gasteiger partial charge in [-0.2, -0.15) is 4.31 Å². The van der Waals surface area contributed by atoms with Gasteiger partial charge in [0.05, 0.1) is 24.7 Å². The lowest BCUT2D eigenvalue weighted by Crippen LogP contribution is -2.40. The zero-order chi connectivity index (χ0) is 20.0. The number of rotatable bonds is 6. The number of nitrogens with zero attached hydrogens (tertiary/aromatic N) is 2. The first-order valence-electron chi connectivity index (χ1n) is 10.1. The number of likely N-dealkylation sites (N-methyl/N-ethyl adjacent to an activating group) is 1. The Balaban J connectivity index is 1.61. The minimum absolute atomic E-state index is 0.118. The number of nitrogens with one attached hydrogen (secondary N) is 1. The topological polar surface area (TPSA) is 79.0 Å². The molecule has 8 heteroatoms. The minimum atomic E-state index is -3.57. The summed E-state index contributed by atoms with van der Waals surface area (Å²) < 4.78 is 32.2. The molecule has 0 radical (unpaired) electrons. The molecule has 1 aliphatic heterocycles. The summed E-state index contributed by atoms with van der Waals surface area (Å²) in [5.74, 6) is -0.118. The first-order valence-corrected chi connectivity index (χ1v) is 11.6. The summed E-state index contributed by atoms with van der Waals surface area (Å²) in [6.45, 7) is 1.83. The van der Waals surface area contributed by atoms with Gasteiger partial charge in [0, 0.05) is 24.8 Å². The highest BCUT2D eigenvalue weighted by Crippen LogP contribution is 2.22. The van der Waals surface area contributed by atoms with Crippen LogP contribution in [-0.4, -0.2) is 69.5 Å². The maximum absolute atomic E-state index is 12.8. The zero-order valence-corrected chi connectivity index (χ0v) is 17.4. The van der Waals surface area contributed by atoms with Crippen LogP contribution in [0.3, 0.4) is 0 Å². The molecule has 28 heavy (non-hydrogen) atoms. The number of sulfonamides is 1. The van der Waals surface area contributed by atoms with Crippen LogP contribution in [0.4, 0.5) is 5.69 Å². The van der Waals surface area contributed by atoms with Crippen molar-refractivity contribution in [2.24, 2.45) is 0 Å². The molecule has 1 aromatic carbocycles. The van der Waals surface area contributed by atoms with Crippen molar-refractivity contribution in [3.63, 3.8) is 0 Å². The summed E-state index contributed by atoms with van der Waals surface area (Å²) in [5.41, 5.74) is 0.508. The molecule has 0 aromatic heterocycles. The number of amides is 1. The standard InChI is InChI=1S/C20H31N3O4S/c1-22(18-8-4-2-3-5-9-18)16-20(24)21-17-7-6-10-19(15-17)28(25,26)23-11-13-27-14-12-23/h6-7,10,15,18H,2-5,8-9,11-14,16H2,1H3,(H,21,24). The molecule has 3 rings (SSSR count). The third-order valence-electron chi connectivity index (χ3n) is 5.57. The maximum atomic E-state index is 12.8. The molecule has 1 amide bonds. The van der Waals surface area contributed by atoms with Crippen molar-refractivity contribution < 1.29 is 17.9 Å². The third-order valence-corrected chi connectivity index (χ3v) is 7.46. The molecule has 0 spiro atoms. The van der Waals surface area contributed by atoms with Crippen molar-refractivity contribution in [1.82, 2.24) is 9.21 Å². The van der Waals surface area contributed by atoms with Crippen molar-refractivity contribution in [2.45, 2.75) is 49.5 Å². The van der Waals surface area contributed by atoms with Gasteiger partial charge >= 0.3 is 0 Å². The van der Waals surface area contributed by atoms with E-state index in [0.29, 0.717) is 44.6 Å². The van der Waals surface area contributed by atoms with Crippen LogP contribution < -0.4 is 5.32 Å². The van der Waals surface area contributed by atoms with Crippen molar-refractivity contribution in [2.75, 3.05) is 45.2 Å². The predicted molar refractivity (Wildman–Crippen MR) is 109 cm³/mol. The molecule has 1 saturated carbocycles. The quantitative estimate of drug-likeness (QED) is 0.730. The van der Waals surface area contributed by atoms with Gasteiger partial charge < -0.3 is 10.1 Å². The molecule has 1 saturated heterocycles. The molecule has 1 N–H and O–H groups in total. The molecule has 1 heterocycles. The second-order valence-corrected chi connectivity index (χ2v) is 9.59. The molecule has 1 aromatic rings. The Bertz CT molecular complexity index is 754. The highest BCUT2D eigenvalue weighted by molar-refractivity contribution is 7.89. The highest BCUT2D eigenvalue weighted by Gasteiger charge is 2.26. The lowest BCUT2D eigenvalue weighted by Gasteiger charge is -2.27. The molecule has 0 bridgehead atoms. The number of hydrogen-bond donors (Lipinski definition) is 1. The van der Waals surface area contributed by atoms with Gasteiger partial charge in [0.2, 0.25) is 15.9 Å². The first-order chi connectivity index (χ1) is 13.5. The molecule has 2 aliphatic rings. The van der Waals surface area contributed by atoms with Gasteiger partial charge in [-0.05, 0) is 38.1 Å². The first kappa shape index (κ1) is 21.2. The summed E-state index contributed by atoms with van der Waals surface area (Å²) in [6, 6.07) is 6.94. The molecule has 0 unspecified atom stereocenters. The van der Waals surface area contributed by atoms with Crippen molar-refractivity contribution >= 4 is 21.6 Å². The van der Waals surface area contributed by atoms with Gasteiger partial charge in [0.1, 0.15) is 0 Å². The number of carbonyl (C=O) groups is 1. The molecular weight excluding hydrogens is 378 g/mol. The van der Waals surface area contributed by atoms with Crippen LogP contribution in [0.25, 0.3) is 0 Å². The fourth-order valence-electron chi connectivity index (χ4n) is 3.93. The van der Waals surface area contributed by atoms with E-state index in [1.54, 1.807) is 18.2 Å². The number of carbonyl (C=O) groups excluding carboxylic acids is 1. The average Bonchev–Trinajstić information content (AvgIpc) is 2.98. The van der Waals surface area contributed by atoms with E-state index in [2.05, 4.69) is 10.2 Å². The summed E-state index contributed by atoms with van der Waals surface area (Å²) in [7, 11) is -1.58. The van der Waals surface area contributed by atoms with E-state index in [0.717, 1.165) is 12.8 Å². The maximum Gasteiger partial charge on any atom is 0.243 e. The van der Waals surface area contributed by atoms with Crippen LogP contribution in [0.5, 0.6) is 0 Å². The fourth-order valence-corrected chi connectivity index (χ4v) is 5.38. The van der Waals surface area contributed by atoms with Gasteiger partial charge in [0.15, 0.2) is 0 Å². The van der Waals surface area contributed by atoms with Crippen LogP contribution in [0.1, 0.15) is 38.5 Å². The number of anilines is 1. The van der Waals surface area contributed by atoms with Crippen molar-refractivity contribution in [3.05, 3.63) is 24.3 Å². The largest absolute Gasteiger partial charge is 0.379 e. The number of benzene rings is 1. The number of hydrogen-bond acceptors (Lipinski definition) is 5. The lowest BCUT2D eigenvalue weighted by molar-refractivity contribution is -0.117. The van der Waals surface area contributed by atoms with Gasteiger partial charge in [-0.1, -0.05) is 31.7 Å². The normalized spacial score (nSPS) is 20.1. The number of ether oxygens (including phenoxy) is 1. The summed E-state index contributed by atoms with van der Waals surface area (Å²) in [5, 5.41) is 2.85. The monoisotopic (exact) mass is 409 g/mol. The Morgan fingerprint density at radius 3 is 2.54 bits per heavy atom. The zero-order valence-electron chi connectivity index (χ0n) is 16.6. The third kappa shape index (κ3) is 5.53. The van der Waals surface area contributed by atoms with Gasteiger partial charge in [0.25, 0.3) is 0 Å². The Labute approximate surface area is 168 Å². The van der Waals surface area contributed by atoms with E-state index in [1.807, 2.05) is 7.05 Å². The second kappa shape index (κ2) is 9.82. The van der Waals surface area contributed by atoms with E-state index < -0.39 is 10.0 Å². The highest BCUT2D eigenvalue weighted by atomic mass is 32.2. The van der Waals surface area contributed by atoms with E-state index in [1.165, 1.54) is 36.1 Å². The van der Waals surface area contributed by atoms with Gasteiger partial charge in [-0.3, -0.25) is 9.69 Å². The van der Waals surface area contributed by atoms with Crippen LogP contribution in [0, 0.1) is 0 Å². The Morgan fingerprint density at radius 2 is 1.86 bits per heavy atom. The molecule has 0 atom stereocenters. The second-order valence-electron chi connectivity index (χ2n) is 7.65. The SMILES string of the molecule is CN(CC(=O)Nc1cccc(S(=O)(=O)N2CCOCC2)c1)C1CCCCCC1. The molecule has 1 aliphatic carbocycles. The molecule has 2 fully saturated rings. The van der Waals surface area contributed by atoms with Gasteiger partial charge in [-0.25, -0.2) is 8.42 Å². The van der Waals surface area contributed by atoms with E-state index in [9.17, 15) is 13.2 Å². The van der Waals surface area contributed by atoms with E-state index in [4.69, 9.17) is 4.74 Å². The smallest absolute Gasteiger partial charge is 0.243 e. The minimum Gasteiger partial charge on any atom is -0.379 e. The van der Waals surface area contributed by atoms with Crippen LogP contribution in [0.2, 0.25) is 0 Å². The molecule has 156 valence electrons. The van der Waals surface area contributed by atoms with Crippen LogP contribution in [0.15, 0.2) is 29.2 Å².